The third-order valence-corrected chi connectivity index (χ3v) is 8.64. The molecule has 0 aliphatic carbocycles. The summed E-state index contributed by atoms with van der Waals surface area (Å²) < 4.78 is 42.8. The smallest absolute Gasteiger partial charge is 0.350 e. The van der Waals surface area contributed by atoms with Gasteiger partial charge in [0.1, 0.15) is 24.1 Å². The van der Waals surface area contributed by atoms with Crippen molar-refractivity contribution in [3.8, 4) is 16.9 Å². The Balaban J connectivity index is 1.52. The number of hydrogen-bond donors (Lipinski definition) is 1. The summed E-state index contributed by atoms with van der Waals surface area (Å²) in [5, 5.41) is 3.99. The third kappa shape index (κ3) is 4.93. The Bertz CT molecular complexity index is 1630. The van der Waals surface area contributed by atoms with Gasteiger partial charge < -0.3 is 24.6 Å². The molecule has 3 aliphatic rings. The average molecular weight is 600 g/mol. The van der Waals surface area contributed by atoms with Gasteiger partial charge in [-0.3, -0.25) is 9.36 Å². The maximum atomic E-state index is 15.1. The molecular weight excluding hydrogens is 568 g/mol. The first-order chi connectivity index (χ1) is 20.2. The monoisotopic (exact) mass is 599 g/mol. The molecule has 222 valence electrons. The normalized spacial score (nSPS) is 23.7. The van der Waals surface area contributed by atoms with Gasteiger partial charge in [-0.15, -0.1) is 0 Å². The van der Waals surface area contributed by atoms with E-state index in [0.717, 1.165) is 31.6 Å². The topological polar surface area (TPSA) is 88.9 Å². The lowest BCUT2D eigenvalue weighted by Gasteiger charge is -2.45. The summed E-state index contributed by atoms with van der Waals surface area (Å²) in [6.07, 6.45) is 2.19. The van der Waals surface area contributed by atoms with Crippen LogP contribution < -0.4 is 20.6 Å². The largest absolute Gasteiger partial charge is 0.488 e. The van der Waals surface area contributed by atoms with Gasteiger partial charge in [-0.1, -0.05) is 18.2 Å². The van der Waals surface area contributed by atoms with Gasteiger partial charge in [-0.2, -0.15) is 4.98 Å². The van der Waals surface area contributed by atoms with Crippen LogP contribution in [0.2, 0.25) is 5.02 Å². The molecule has 4 atom stereocenters. The van der Waals surface area contributed by atoms with Gasteiger partial charge in [0.2, 0.25) is 5.91 Å². The molecule has 0 saturated carbocycles. The van der Waals surface area contributed by atoms with Crippen LogP contribution in [0.25, 0.3) is 22.0 Å². The maximum absolute atomic E-state index is 15.1. The number of nitrogens with one attached hydrogen (secondary N) is 1. The summed E-state index contributed by atoms with van der Waals surface area (Å²) in [5.41, 5.74) is 0.203. The molecule has 3 aromatic rings. The Labute approximate surface area is 246 Å². The number of ether oxygens (including phenoxy) is 2. The van der Waals surface area contributed by atoms with Crippen molar-refractivity contribution in [1.29, 1.82) is 0 Å². The van der Waals surface area contributed by atoms with Crippen LogP contribution in [0.5, 0.6) is 5.75 Å². The molecule has 0 spiro atoms. The number of halogens is 3. The fourth-order valence-corrected chi connectivity index (χ4v) is 6.50. The Kier molecular flexibility index (Phi) is 7.67. The zero-order valence-electron chi connectivity index (χ0n) is 23.4. The van der Waals surface area contributed by atoms with E-state index in [1.165, 1.54) is 12.1 Å². The quantitative estimate of drug-likeness (QED) is 0.430. The minimum absolute atomic E-state index is 0.0239. The van der Waals surface area contributed by atoms with Crippen molar-refractivity contribution in [3.63, 3.8) is 0 Å². The number of benzene rings is 2. The molecule has 1 unspecified atom stereocenters. The zero-order valence-corrected chi connectivity index (χ0v) is 24.2. The number of nitrogens with zero attached hydrogens (tertiary/aromatic N) is 4. The predicted octanol–water partition coefficient (Wildman–Crippen LogP) is 3.92. The van der Waals surface area contributed by atoms with Crippen molar-refractivity contribution in [2.24, 2.45) is 0 Å². The molecule has 2 fully saturated rings. The Morgan fingerprint density at radius 3 is 2.79 bits per heavy atom. The van der Waals surface area contributed by atoms with Crippen LogP contribution in [0.3, 0.4) is 0 Å². The van der Waals surface area contributed by atoms with Crippen LogP contribution in [0, 0.1) is 11.6 Å². The van der Waals surface area contributed by atoms with Gasteiger partial charge in [-0.05, 0) is 51.1 Å². The van der Waals surface area contributed by atoms with Crippen LogP contribution in [-0.4, -0.2) is 77.9 Å². The molecule has 6 rings (SSSR count). The van der Waals surface area contributed by atoms with Crippen molar-refractivity contribution < 1.29 is 23.0 Å². The van der Waals surface area contributed by atoms with Crippen molar-refractivity contribution in [2.45, 2.75) is 44.5 Å². The van der Waals surface area contributed by atoms with E-state index in [-0.39, 0.29) is 59.2 Å². The first kappa shape index (κ1) is 28.6. The molecule has 42 heavy (non-hydrogen) atoms. The maximum Gasteiger partial charge on any atom is 0.350 e. The molecule has 2 aromatic carbocycles. The third-order valence-electron chi connectivity index (χ3n) is 8.34. The molecule has 2 saturated heterocycles. The van der Waals surface area contributed by atoms with Gasteiger partial charge in [0, 0.05) is 54.3 Å². The lowest BCUT2D eigenvalue weighted by molar-refractivity contribution is -0.128. The van der Waals surface area contributed by atoms with E-state index in [1.807, 2.05) is 18.7 Å². The van der Waals surface area contributed by atoms with E-state index < -0.39 is 23.4 Å². The molecule has 1 N–H and O–H groups in total. The second-order valence-electron chi connectivity index (χ2n) is 11.1. The first-order valence-electron chi connectivity index (χ1n) is 14.1. The predicted molar refractivity (Wildman–Crippen MR) is 156 cm³/mol. The minimum atomic E-state index is -0.802. The highest BCUT2D eigenvalue weighted by atomic mass is 35.5. The molecule has 0 bridgehead atoms. The van der Waals surface area contributed by atoms with Crippen LogP contribution in [-0.2, 0) is 9.53 Å². The van der Waals surface area contributed by atoms with E-state index in [2.05, 4.69) is 16.9 Å². The van der Waals surface area contributed by atoms with Gasteiger partial charge >= 0.3 is 5.69 Å². The summed E-state index contributed by atoms with van der Waals surface area (Å²) in [4.78, 5) is 34.6. The second-order valence-corrected chi connectivity index (χ2v) is 11.5. The fourth-order valence-electron chi connectivity index (χ4n) is 6.21. The van der Waals surface area contributed by atoms with Crippen molar-refractivity contribution >= 4 is 34.2 Å². The van der Waals surface area contributed by atoms with E-state index >= 15 is 4.39 Å². The van der Waals surface area contributed by atoms with E-state index in [0.29, 0.717) is 29.8 Å². The number of anilines is 1. The van der Waals surface area contributed by atoms with Crippen LogP contribution in [0.15, 0.2) is 41.7 Å². The Hall–Kier alpha value is -3.54. The van der Waals surface area contributed by atoms with Crippen molar-refractivity contribution in [1.82, 2.24) is 19.8 Å². The molecular formula is C30H32ClF2N5O4. The molecule has 1 amide bonds. The van der Waals surface area contributed by atoms with Crippen molar-refractivity contribution in [2.75, 3.05) is 44.3 Å². The molecule has 4 heterocycles. The summed E-state index contributed by atoms with van der Waals surface area (Å²) in [5.74, 6) is -1.06. The highest BCUT2D eigenvalue weighted by molar-refractivity contribution is 6.35. The summed E-state index contributed by atoms with van der Waals surface area (Å²) in [7, 11) is 0. The molecule has 12 heteroatoms. The van der Waals surface area contributed by atoms with E-state index in [9.17, 15) is 14.0 Å². The standard InChI is InChI=1S/C30H32ClF2N5O4/c1-4-25(39)36-12-17(3)37(13-16(36)2)29-22-10-23(31)26(21-6-5-18(32)9-24(21)33)28-27(22)38(30(40)35-29)19(15-42-28)14-41-20-7-8-34-11-20/h4-6,9-10,16-17,19-20,34H,1,7-8,11-15H2,2-3H3/t16-,17+,19+,20?/m1/s1. The summed E-state index contributed by atoms with van der Waals surface area (Å²) in [6, 6.07) is 4.05. The highest BCUT2D eigenvalue weighted by Crippen LogP contribution is 2.47. The van der Waals surface area contributed by atoms with Gasteiger partial charge in [-0.25, -0.2) is 13.6 Å². The van der Waals surface area contributed by atoms with Gasteiger partial charge in [0.05, 0.1) is 29.3 Å². The zero-order chi connectivity index (χ0) is 29.7. The van der Waals surface area contributed by atoms with Crippen LogP contribution in [0.4, 0.5) is 14.6 Å². The molecule has 0 radical (unpaired) electrons. The summed E-state index contributed by atoms with van der Waals surface area (Å²) in [6.45, 7) is 10.2. The minimum Gasteiger partial charge on any atom is -0.488 e. The van der Waals surface area contributed by atoms with E-state index in [1.54, 1.807) is 15.5 Å². The van der Waals surface area contributed by atoms with E-state index in [4.69, 9.17) is 21.1 Å². The molecule has 1 aromatic heterocycles. The average Bonchev–Trinajstić information content (AvgIpc) is 3.49. The van der Waals surface area contributed by atoms with Gasteiger partial charge in [0.15, 0.2) is 5.75 Å². The number of amides is 1. The number of carbonyl (C=O) groups excluding carboxylic acids is 1. The lowest BCUT2D eigenvalue weighted by Crippen LogP contribution is -2.58. The van der Waals surface area contributed by atoms with Crippen LogP contribution in [0.1, 0.15) is 26.3 Å². The number of hydrogen-bond acceptors (Lipinski definition) is 7. The Morgan fingerprint density at radius 2 is 2.07 bits per heavy atom. The fraction of sp³-hybridized carbons (Fsp3) is 0.433. The molecule has 3 aliphatic heterocycles. The molecule has 9 nitrogen and oxygen atoms in total. The summed E-state index contributed by atoms with van der Waals surface area (Å²) >= 11 is 6.82. The number of rotatable bonds is 6. The number of aromatic nitrogens is 2. The first-order valence-corrected chi connectivity index (χ1v) is 14.4. The van der Waals surface area contributed by atoms with Gasteiger partial charge in [0.25, 0.3) is 0 Å². The number of carbonyl (C=O) groups is 1. The SMILES string of the molecule is C=CC(=O)N1C[C@H](C)N(c2nc(=O)n3c4c(c(-c5ccc(F)cc5F)c(Cl)cc24)OC[C@@H]3COC2CCNC2)C[C@H]1C. The second kappa shape index (κ2) is 11.3. The Morgan fingerprint density at radius 1 is 1.26 bits per heavy atom. The highest BCUT2D eigenvalue weighted by Gasteiger charge is 2.36. The number of piperazine rings is 1. The van der Waals surface area contributed by atoms with Crippen molar-refractivity contribution in [3.05, 3.63) is 64.1 Å². The van der Waals surface area contributed by atoms with Crippen LogP contribution >= 0.6 is 11.6 Å². The lowest BCUT2D eigenvalue weighted by atomic mass is 9.99.